The summed E-state index contributed by atoms with van der Waals surface area (Å²) >= 11 is 0. The van der Waals surface area contributed by atoms with Crippen LogP contribution in [0.2, 0.25) is 0 Å². The van der Waals surface area contributed by atoms with E-state index >= 15 is 0 Å². The van der Waals surface area contributed by atoms with Crippen LogP contribution in [-0.4, -0.2) is 98.7 Å². The lowest BCUT2D eigenvalue weighted by Gasteiger charge is -2.40. The molecule has 0 radical (unpaired) electrons. The summed E-state index contributed by atoms with van der Waals surface area (Å²) in [5.74, 6) is -0.627. The maximum atomic E-state index is 13.0. The average molecular weight is 742 g/mol. The fraction of sp³-hybridized carbons (Fsp3) is 0.881. The maximum Gasteiger partial charge on any atom is 0.249 e. The van der Waals surface area contributed by atoms with Crippen molar-refractivity contribution in [2.45, 2.75) is 223 Å². The minimum atomic E-state index is -1.61. The van der Waals surface area contributed by atoms with E-state index in [-0.39, 0.29) is 6.61 Å². The second-order valence-electron chi connectivity index (χ2n) is 14.9. The van der Waals surface area contributed by atoms with Crippen LogP contribution in [0.5, 0.6) is 0 Å². The van der Waals surface area contributed by atoms with E-state index in [2.05, 4.69) is 31.3 Å². The number of allylic oxidation sites excluding steroid dienone is 3. The van der Waals surface area contributed by atoms with Crippen molar-refractivity contribution in [3.63, 3.8) is 0 Å². The van der Waals surface area contributed by atoms with E-state index in [1.165, 1.54) is 109 Å². The van der Waals surface area contributed by atoms with Gasteiger partial charge in [-0.2, -0.15) is 0 Å². The predicted octanol–water partition coefficient (Wildman–Crippen LogP) is 6.91. The number of aliphatic hydroxyl groups excluding tert-OH is 6. The van der Waals surface area contributed by atoms with Gasteiger partial charge in [-0.25, -0.2) is 0 Å². The van der Waals surface area contributed by atoms with Gasteiger partial charge in [0.25, 0.3) is 0 Å². The summed E-state index contributed by atoms with van der Waals surface area (Å²) in [4.78, 5) is 13.0. The number of rotatable bonds is 34. The molecule has 0 spiro atoms. The van der Waals surface area contributed by atoms with Crippen molar-refractivity contribution in [1.82, 2.24) is 5.32 Å². The zero-order valence-electron chi connectivity index (χ0n) is 32.9. The van der Waals surface area contributed by atoms with Crippen LogP contribution in [0.25, 0.3) is 0 Å². The Kier molecular flexibility index (Phi) is 30.9. The van der Waals surface area contributed by atoms with E-state index < -0.39 is 61.5 Å². The highest BCUT2D eigenvalue weighted by atomic mass is 16.7. The van der Waals surface area contributed by atoms with Crippen molar-refractivity contribution in [3.05, 3.63) is 24.3 Å². The molecule has 0 unspecified atom stereocenters. The van der Waals surface area contributed by atoms with Crippen molar-refractivity contribution in [2.75, 3.05) is 13.2 Å². The molecule has 1 amide bonds. The molecular formula is C42H79NO9. The fourth-order valence-electron chi connectivity index (χ4n) is 6.59. The second kappa shape index (κ2) is 33.0. The standard InChI is InChI=1S/C42H79NO9/c1-3-5-7-9-11-13-15-17-19-21-23-25-27-29-31-36(46)41(50)43-34(33-51-42-40(49)39(48)38(47)37(32-44)52-42)35(45)30-28-26-24-22-20-18-16-14-12-10-8-6-4-2/h20,22,28,30,34-40,42,44-49H,3-19,21,23-27,29,31-33H2,1-2H3,(H,43,50)/b22-20-,30-28+/t34-,35+,36-,37+,38+,39-,40+,42+/m0/s1. The average Bonchev–Trinajstić information content (AvgIpc) is 3.14. The fourth-order valence-corrected chi connectivity index (χ4v) is 6.59. The third-order valence-corrected chi connectivity index (χ3v) is 10.1. The Hall–Kier alpha value is -1.37. The highest BCUT2D eigenvalue weighted by molar-refractivity contribution is 5.80. The monoisotopic (exact) mass is 742 g/mol. The van der Waals surface area contributed by atoms with Crippen molar-refractivity contribution in [3.8, 4) is 0 Å². The molecule has 0 aliphatic carbocycles. The summed E-state index contributed by atoms with van der Waals surface area (Å²) in [5, 5.41) is 64.4. The number of amides is 1. The van der Waals surface area contributed by atoms with Crippen LogP contribution in [0.15, 0.2) is 24.3 Å². The molecule has 1 fully saturated rings. The highest BCUT2D eigenvalue weighted by Gasteiger charge is 2.44. The maximum absolute atomic E-state index is 13.0. The third-order valence-electron chi connectivity index (χ3n) is 10.1. The van der Waals surface area contributed by atoms with Crippen molar-refractivity contribution < 1.29 is 44.9 Å². The van der Waals surface area contributed by atoms with Crippen LogP contribution in [0.4, 0.5) is 0 Å². The first-order chi connectivity index (χ1) is 25.3. The first kappa shape index (κ1) is 48.6. The SMILES string of the molecule is CCCCCCCCC/C=C\CC/C=C/[C@@H](O)[C@H](CO[C@@H]1O[C@H](CO)[C@@H](O)[C@H](O)[C@H]1O)NC(=O)[C@@H](O)CCCCCCCCCCCCCCCC. The lowest BCUT2D eigenvalue weighted by Crippen LogP contribution is -2.60. The van der Waals surface area contributed by atoms with Gasteiger partial charge in [0, 0.05) is 0 Å². The van der Waals surface area contributed by atoms with Crippen molar-refractivity contribution in [1.29, 1.82) is 0 Å². The molecule has 306 valence electrons. The number of unbranched alkanes of at least 4 members (excludes halogenated alkanes) is 21. The molecule has 8 atom stereocenters. The Balaban J connectivity index is 2.50. The highest BCUT2D eigenvalue weighted by Crippen LogP contribution is 2.22. The largest absolute Gasteiger partial charge is 0.394 e. The minimum absolute atomic E-state index is 0.307. The van der Waals surface area contributed by atoms with E-state index in [0.29, 0.717) is 19.3 Å². The number of ether oxygens (including phenoxy) is 2. The van der Waals surface area contributed by atoms with Crippen LogP contribution in [0.3, 0.4) is 0 Å². The smallest absolute Gasteiger partial charge is 0.249 e. The molecule has 1 aliphatic heterocycles. The third kappa shape index (κ3) is 23.4. The molecule has 10 nitrogen and oxygen atoms in total. The molecule has 1 heterocycles. The zero-order valence-corrected chi connectivity index (χ0v) is 32.9. The topological polar surface area (TPSA) is 169 Å². The van der Waals surface area contributed by atoms with Crippen LogP contribution < -0.4 is 5.32 Å². The van der Waals surface area contributed by atoms with Crippen LogP contribution in [-0.2, 0) is 14.3 Å². The molecule has 7 N–H and O–H groups in total. The number of nitrogens with one attached hydrogen (secondary N) is 1. The molecule has 52 heavy (non-hydrogen) atoms. The summed E-state index contributed by atoms with van der Waals surface area (Å²) in [5.41, 5.74) is 0. The first-order valence-electron chi connectivity index (χ1n) is 21.2. The molecule has 0 aromatic heterocycles. The molecule has 10 heteroatoms. The normalized spacial score (nSPS) is 22.7. The summed E-state index contributed by atoms with van der Waals surface area (Å²) in [7, 11) is 0. The lowest BCUT2D eigenvalue weighted by atomic mass is 9.99. The first-order valence-corrected chi connectivity index (χ1v) is 21.2. The molecule has 1 rings (SSSR count). The molecule has 0 bridgehead atoms. The van der Waals surface area contributed by atoms with Gasteiger partial charge < -0.3 is 45.4 Å². The predicted molar refractivity (Wildman–Crippen MR) is 209 cm³/mol. The van der Waals surface area contributed by atoms with Crippen molar-refractivity contribution >= 4 is 5.91 Å². The van der Waals surface area contributed by atoms with Gasteiger partial charge in [0.05, 0.1) is 25.4 Å². The van der Waals surface area contributed by atoms with Gasteiger partial charge in [0.15, 0.2) is 6.29 Å². The molecule has 0 aromatic rings. The van der Waals surface area contributed by atoms with Gasteiger partial charge in [0.1, 0.15) is 30.5 Å². The Morgan fingerprint density at radius 1 is 0.654 bits per heavy atom. The molecule has 1 saturated heterocycles. The van der Waals surface area contributed by atoms with Gasteiger partial charge in [0.2, 0.25) is 5.91 Å². The van der Waals surface area contributed by atoms with E-state index in [9.17, 15) is 35.4 Å². The van der Waals surface area contributed by atoms with E-state index in [1.807, 2.05) is 6.08 Å². The van der Waals surface area contributed by atoms with E-state index in [4.69, 9.17) is 9.47 Å². The number of hydrogen-bond donors (Lipinski definition) is 7. The second-order valence-corrected chi connectivity index (χ2v) is 14.9. The minimum Gasteiger partial charge on any atom is -0.394 e. The summed E-state index contributed by atoms with van der Waals surface area (Å²) in [6, 6.07) is -0.991. The van der Waals surface area contributed by atoms with Crippen LogP contribution in [0, 0.1) is 0 Å². The lowest BCUT2D eigenvalue weighted by molar-refractivity contribution is -0.302. The summed E-state index contributed by atoms with van der Waals surface area (Å²) < 4.78 is 11.1. The number of aliphatic hydroxyl groups is 6. The molecule has 1 aliphatic rings. The van der Waals surface area contributed by atoms with Crippen LogP contribution >= 0.6 is 0 Å². The Bertz CT molecular complexity index is 886. The van der Waals surface area contributed by atoms with Crippen LogP contribution in [0.1, 0.15) is 174 Å². The number of hydrogen-bond acceptors (Lipinski definition) is 9. The van der Waals surface area contributed by atoms with Crippen molar-refractivity contribution in [2.24, 2.45) is 0 Å². The Morgan fingerprint density at radius 2 is 1.13 bits per heavy atom. The quantitative estimate of drug-likeness (QED) is 0.0274. The van der Waals surface area contributed by atoms with Gasteiger partial charge in [-0.15, -0.1) is 0 Å². The molecular weight excluding hydrogens is 662 g/mol. The Labute approximate surface area is 316 Å². The summed E-state index contributed by atoms with van der Waals surface area (Å²) in [6.07, 6.45) is 26.9. The summed E-state index contributed by atoms with van der Waals surface area (Å²) in [6.45, 7) is 3.56. The number of carbonyl (C=O) groups excluding carboxylic acids is 1. The van der Waals surface area contributed by atoms with Gasteiger partial charge in [-0.3, -0.25) is 4.79 Å². The van der Waals surface area contributed by atoms with Gasteiger partial charge in [-0.05, 0) is 32.1 Å². The number of carbonyl (C=O) groups is 1. The molecule has 0 aromatic carbocycles. The van der Waals surface area contributed by atoms with Gasteiger partial charge >= 0.3 is 0 Å². The van der Waals surface area contributed by atoms with E-state index in [1.54, 1.807) is 6.08 Å². The van der Waals surface area contributed by atoms with Gasteiger partial charge in [-0.1, -0.05) is 167 Å². The van der Waals surface area contributed by atoms with E-state index in [0.717, 1.165) is 32.1 Å². The zero-order chi connectivity index (χ0) is 38.2. The Morgan fingerprint density at radius 3 is 1.67 bits per heavy atom. The molecule has 0 saturated carbocycles.